The van der Waals surface area contributed by atoms with Crippen molar-refractivity contribution in [2.75, 3.05) is 28.2 Å². The van der Waals surface area contributed by atoms with Crippen molar-refractivity contribution in [1.29, 1.82) is 5.26 Å². The van der Waals surface area contributed by atoms with Gasteiger partial charge in [0.25, 0.3) is 11.4 Å². The second-order valence-electron chi connectivity index (χ2n) is 6.76. The fourth-order valence-corrected chi connectivity index (χ4v) is 3.61. The Kier molecular flexibility index (Phi) is 4.48. The minimum Gasteiger partial charge on any atom is -0.364 e. The smallest absolute Gasteiger partial charge is 0.271 e. The molecule has 0 fully saturated rings. The highest BCUT2D eigenvalue weighted by atomic mass is 16.6. The zero-order chi connectivity index (χ0) is 20.7. The Morgan fingerprint density at radius 2 is 1.46 bits per heavy atom. The van der Waals surface area contributed by atoms with Crippen LogP contribution >= 0.6 is 0 Å². The monoisotopic (exact) mass is 379 g/mol. The number of nitriles is 1. The van der Waals surface area contributed by atoms with Crippen molar-refractivity contribution in [3.8, 4) is 17.2 Å². The lowest BCUT2D eigenvalue weighted by atomic mass is 9.98. The van der Waals surface area contributed by atoms with Crippen LogP contribution in [0.5, 0.6) is 0 Å². The van der Waals surface area contributed by atoms with Crippen molar-refractivity contribution in [2.45, 2.75) is 0 Å². The first-order valence-electron chi connectivity index (χ1n) is 8.28. The van der Waals surface area contributed by atoms with Gasteiger partial charge in [0.15, 0.2) is 0 Å². The van der Waals surface area contributed by atoms with Crippen LogP contribution in [0.4, 0.5) is 11.4 Å². The second-order valence-corrected chi connectivity index (χ2v) is 6.76. The SMILES string of the molecule is CN(C)C(=C1c2cc([N+](=O)[O-])ccc2-c2c(C#N)cc([N+](=O)[O-])cc21)N(C)C. The molecule has 3 rings (SSSR count). The van der Waals surface area contributed by atoms with Crippen molar-refractivity contribution < 1.29 is 9.85 Å². The summed E-state index contributed by atoms with van der Waals surface area (Å²) in [5.41, 5.74) is 2.76. The summed E-state index contributed by atoms with van der Waals surface area (Å²) in [6, 6.07) is 9.10. The molecule has 0 atom stereocenters. The molecule has 0 spiro atoms. The van der Waals surface area contributed by atoms with Crippen LogP contribution in [-0.2, 0) is 0 Å². The number of fused-ring (bicyclic) bond motifs is 3. The first-order chi connectivity index (χ1) is 13.2. The molecule has 1 aliphatic rings. The van der Waals surface area contributed by atoms with Gasteiger partial charge in [0.2, 0.25) is 0 Å². The summed E-state index contributed by atoms with van der Waals surface area (Å²) in [5.74, 6) is 0.713. The molecule has 0 saturated heterocycles. The van der Waals surface area contributed by atoms with Crippen molar-refractivity contribution >= 4 is 16.9 Å². The molecule has 2 aromatic rings. The molecular formula is C19H17N5O4. The predicted octanol–water partition coefficient (Wildman–Crippen LogP) is 3.20. The maximum atomic E-state index is 11.4. The summed E-state index contributed by atoms with van der Waals surface area (Å²) < 4.78 is 0. The number of hydrogen-bond acceptors (Lipinski definition) is 7. The van der Waals surface area contributed by atoms with Gasteiger partial charge in [-0.3, -0.25) is 20.2 Å². The molecule has 0 heterocycles. The van der Waals surface area contributed by atoms with E-state index in [9.17, 15) is 25.5 Å². The van der Waals surface area contributed by atoms with Crippen LogP contribution in [0.3, 0.4) is 0 Å². The fourth-order valence-electron chi connectivity index (χ4n) is 3.61. The molecule has 0 aliphatic heterocycles. The third kappa shape index (κ3) is 2.81. The van der Waals surface area contributed by atoms with Gasteiger partial charge in [-0.05, 0) is 11.6 Å². The van der Waals surface area contributed by atoms with Gasteiger partial charge in [-0.25, -0.2) is 0 Å². The summed E-state index contributed by atoms with van der Waals surface area (Å²) in [5, 5.41) is 32.3. The minimum absolute atomic E-state index is 0.0890. The van der Waals surface area contributed by atoms with Gasteiger partial charge in [0.1, 0.15) is 11.9 Å². The van der Waals surface area contributed by atoms with Gasteiger partial charge in [0, 0.05) is 74.7 Å². The average molecular weight is 379 g/mol. The first-order valence-corrected chi connectivity index (χ1v) is 8.28. The van der Waals surface area contributed by atoms with Gasteiger partial charge in [-0.2, -0.15) is 5.26 Å². The van der Waals surface area contributed by atoms with E-state index in [1.165, 1.54) is 24.3 Å². The van der Waals surface area contributed by atoms with Crippen LogP contribution in [0.1, 0.15) is 16.7 Å². The van der Waals surface area contributed by atoms with E-state index in [1.807, 2.05) is 44.1 Å². The van der Waals surface area contributed by atoms with Crippen molar-refractivity contribution in [3.05, 3.63) is 73.1 Å². The maximum Gasteiger partial charge on any atom is 0.271 e. The standard InChI is InChI=1S/C19H17N5O4/c1-21(2)19(22(3)4)18-15-8-12(23(25)26)5-6-14(15)17-11(10-20)7-13(24(27)28)9-16(17)18/h5-9H,1-4H3. The Morgan fingerprint density at radius 1 is 0.893 bits per heavy atom. The Balaban J connectivity index is 2.52. The van der Waals surface area contributed by atoms with Crippen LogP contribution in [0.15, 0.2) is 36.2 Å². The summed E-state index contributed by atoms with van der Waals surface area (Å²) >= 11 is 0. The van der Waals surface area contributed by atoms with Crippen LogP contribution in [0.25, 0.3) is 16.7 Å². The highest BCUT2D eigenvalue weighted by Crippen LogP contribution is 2.49. The highest BCUT2D eigenvalue weighted by Gasteiger charge is 2.33. The van der Waals surface area contributed by atoms with Crippen LogP contribution < -0.4 is 0 Å². The van der Waals surface area contributed by atoms with Crippen molar-refractivity contribution in [2.24, 2.45) is 0 Å². The summed E-state index contributed by atoms with van der Waals surface area (Å²) in [6.07, 6.45) is 0. The van der Waals surface area contributed by atoms with Gasteiger partial charge >= 0.3 is 0 Å². The minimum atomic E-state index is -0.546. The van der Waals surface area contributed by atoms with Crippen LogP contribution in [-0.4, -0.2) is 47.8 Å². The van der Waals surface area contributed by atoms with Crippen molar-refractivity contribution in [1.82, 2.24) is 9.80 Å². The molecule has 0 N–H and O–H groups in total. The van der Waals surface area contributed by atoms with E-state index in [1.54, 1.807) is 6.07 Å². The molecule has 0 radical (unpaired) electrons. The van der Waals surface area contributed by atoms with Crippen LogP contribution in [0, 0.1) is 31.6 Å². The highest BCUT2D eigenvalue weighted by molar-refractivity contribution is 6.04. The molecule has 9 nitrogen and oxygen atoms in total. The number of rotatable bonds is 4. The molecule has 0 amide bonds. The zero-order valence-electron chi connectivity index (χ0n) is 15.8. The van der Waals surface area contributed by atoms with Gasteiger partial charge in [-0.1, -0.05) is 0 Å². The van der Waals surface area contributed by atoms with Gasteiger partial charge < -0.3 is 9.80 Å². The summed E-state index contributed by atoms with van der Waals surface area (Å²) in [4.78, 5) is 25.3. The van der Waals surface area contributed by atoms with Gasteiger partial charge in [-0.15, -0.1) is 0 Å². The quantitative estimate of drug-likeness (QED) is 0.505. The van der Waals surface area contributed by atoms with E-state index in [2.05, 4.69) is 0 Å². The summed E-state index contributed by atoms with van der Waals surface area (Å²) in [6.45, 7) is 0. The lowest BCUT2D eigenvalue weighted by molar-refractivity contribution is -0.385. The number of nitro benzene ring substituents is 2. The van der Waals surface area contributed by atoms with E-state index < -0.39 is 9.85 Å². The number of nitrogens with zero attached hydrogens (tertiary/aromatic N) is 5. The normalized spacial score (nSPS) is 11.3. The summed E-state index contributed by atoms with van der Waals surface area (Å²) in [7, 11) is 7.28. The Morgan fingerprint density at radius 3 is 1.96 bits per heavy atom. The van der Waals surface area contributed by atoms with E-state index in [0.717, 1.165) is 0 Å². The molecule has 9 heteroatoms. The number of hydrogen-bond donors (Lipinski definition) is 0. The Labute approximate surface area is 161 Å². The van der Waals surface area contributed by atoms with Crippen molar-refractivity contribution in [3.63, 3.8) is 0 Å². The molecule has 2 aromatic carbocycles. The number of benzene rings is 2. The molecular weight excluding hydrogens is 362 g/mol. The van der Waals surface area contributed by atoms with E-state index >= 15 is 0 Å². The largest absolute Gasteiger partial charge is 0.364 e. The van der Waals surface area contributed by atoms with E-state index in [4.69, 9.17) is 0 Å². The first kappa shape index (κ1) is 18.8. The molecule has 0 bridgehead atoms. The lowest BCUT2D eigenvalue weighted by Crippen LogP contribution is -2.26. The fraction of sp³-hybridized carbons (Fsp3) is 0.211. The Hall–Kier alpha value is -3.93. The third-order valence-corrected chi connectivity index (χ3v) is 4.55. The molecule has 142 valence electrons. The molecule has 28 heavy (non-hydrogen) atoms. The number of non-ortho nitro benzene ring substituents is 2. The van der Waals surface area contributed by atoms with Crippen LogP contribution in [0.2, 0.25) is 0 Å². The second kappa shape index (κ2) is 6.66. The number of nitro groups is 2. The Bertz CT molecular complexity index is 1090. The molecule has 0 unspecified atom stereocenters. The van der Waals surface area contributed by atoms with Gasteiger partial charge in [0.05, 0.1) is 15.4 Å². The van der Waals surface area contributed by atoms with E-state index in [0.29, 0.717) is 33.6 Å². The van der Waals surface area contributed by atoms with E-state index in [-0.39, 0.29) is 16.9 Å². The zero-order valence-corrected chi connectivity index (χ0v) is 15.8. The predicted molar refractivity (Wildman–Crippen MR) is 103 cm³/mol. The third-order valence-electron chi connectivity index (χ3n) is 4.55. The lowest BCUT2D eigenvalue weighted by Gasteiger charge is -2.27. The maximum absolute atomic E-state index is 11.4. The molecule has 0 saturated carbocycles. The molecule has 0 aromatic heterocycles. The topological polar surface area (TPSA) is 117 Å². The molecule has 1 aliphatic carbocycles. The average Bonchev–Trinajstić information content (AvgIpc) is 2.94.